The van der Waals surface area contributed by atoms with Crippen LogP contribution in [0.3, 0.4) is 0 Å². The van der Waals surface area contributed by atoms with Gasteiger partial charge in [-0.25, -0.2) is 13.1 Å². The first-order valence-electron chi connectivity index (χ1n) is 6.26. The van der Waals surface area contributed by atoms with E-state index in [0.29, 0.717) is 18.0 Å². The summed E-state index contributed by atoms with van der Waals surface area (Å²) in [4.78, 5) is 14.9. The topological polar surface area (TPSA) is 66.5 Å². The van der Waals surface area contributed by atoms with Crippen molar-refractivity contribution in [1.29, 1.82) is 0 Å². The van der Waals surface area contributed by atoms with E-state index in [1.165, 1.54) is 11.3 Å². The number of nitrogens with zero attached hydrogens (tertiary/aromatic N) is 1. The van der Waals surface area contributed by atoms with Crippen LogP contribution in [0.25, 0.3) is 0 Å². The summed E-state index contributed by atoms with van der Waals surface area (Å²) in [6, 6.07) is 3.62. The molecule has 0 bridgehead atoms. The van der Waals surface area contributed by atoms with Gasteiger partial charge in [0.15, 0.2) is 0 Å². The van der Waals surface area contributed by atoms with Crippen LogP contribution in [-0.4, -0.2) is 44.6 Å². The van der Waals surface area contributed by atoms with E-state index in [-0.39, 0.29) is 11.9 Å². The fourth-order valence-corrected chi connectivity index (χ4v) is 3.44. The molecule has 0 spiro atoms. The van der Waals surface area contributed by atoms with Crippen LogP contribution in [0.15, 0.2) is 17.5 Å². The van der Waals surface area contributed by atoms with E-state index < -0.39 is 10.0 Å². The van der Waals surface area contributed by atoms with Gasteiger partial charge in [0.25, 0.3) is 5.91 Å². The monoisotopic (exact) mass is 302 g/mol. The fraction of sp³-hybridized carbons (Fsp3) is 0.583. The lowest BCUT2D eigenvalue weighted by atomic mass is 10.0. The molecule has 0 radical (unpaired) electrons. The lowest BCUT2D eigenvalue weighted by Crippen LogP contribution is -2.49. The van der Waals surface area contributed by atoms with Crippen LogP contribution < -0.4 is 4.72 Å². The van der Waals surface area contributed by atoms with Gasteiger partial charge >= 0.3 is 0 Å². The Kier molecular flexibility index (Phi) is 4.59. The van der Waals surface area contributed by atoms with Crippen molar-refractivity contribution < 1.29 is 13.2 Å². The van der Waals surface area contributed by atoms with E-state index in [1.807, 2.05) is 17.5 Å². The van der Waals surface area contributed by atoms with Crippen molar-refractivity contribution >= 4 is 27.3 Å². The minimum absolute atomic E-state index is 0.00926. The van der Waals surface area contributed by atoms with Crippen molar-refractivity contribution in [3.8, 4) is 0 Å². The Labute approximate surface area is 117 Å². The minimum atomic E-state index is -3.21. The van der Waals surface area contributed by atoms with Gasteiger partial charge in [-0.05, 0) is 30.7 Å². The predicted octanol–water partition coefficient (Wildman–Crippen LogP) is 1.29. The minimum Gasteiger partial charge on any atom is -0.334 e. The van der Waals surface area contributed by atoms with Crippen LogP contribution in [0, 0.1) is 0 Å². The Morgan fingerprint density at radius 3 is 2.95 bits per heavy atom. The number of sulfonamides is 1. The maximum Gasteiger partial charge on any atom is 0.264 e. The van der Waals surface area contributed by atoms with Crippen molar-refractivity contribution in [3.05, 3.63) is 22.4 Å². The quantitative estimate of drug-likeness (QED) is 0.911. The molecule has 106 valence electrons. The van der Waals surface area contributed by atoms with Gasteiger partial charge in [0.2, 0.25) is 10.0 Å². The predicted molar refractivity (Wildman–Crippen MR) is 75.8 cm³/mol. The second-order valence-corrected chi connectivity index (χ2v) is 7.53. The number of rotatable bonds is 4. The van der Waals surface area contributed by atoms with Crippen molar-refractivity contribution in [3.63, 3.8) is 0 Å². The van der Waals surface area contributed by atoms with Crippen LogP contribution in [0.4, 0.5) is 0 Å². The number of likely N-dealkylation sites (tertiary alicyclic amines) is 1. The highest BCUT2D eigenvalue weighted by atomic mass is 32.2. The number of hydrogen-bond acceptors (Lipinski definition) is 4. The molecule has 1 amide bonds. The maximum atomic E-state index is 12.4. The summed E-state index contributed by atoms with van der Waals surface area (Å²) in [6.45, 7) is 1.00. The number of thiophene rings is 1. The van der Waals surface area contributed by atoms with E-state index in [4.69, 9.17) is 0 Å². The second-order valence-electron chi connectivity index (χ2n) is 4.75. The third kappa shape index (κ3) is 4.02. The highest BCUT2D eigenvalue weighted by Gasteiger charge is 2.28. The summed E-state index contributed by atoms with van der Waals surface area (Å²) >= 11 is 1.42. The number of piperidine rings is 1. The van der Waals surface area contributed by atoms with Gasteiger partial charge in [0, 0.05) is 19.1 Å². The van der Waals surface area contributed by atoms with Gasteiger partial charge in [-0.3, -0.25) is 4.79 Å². The molecule has 5 nitrogen and oxygen atoms in total. The van der Waals surface area contributed by atoms with E-state index in [1.54, 1.807) is 4.90 Å². The molecule has 1 saturated heterocycles. The Balaban J connectivity index is 2.05. The van der Waals surface area contributed by atoms with Crippen molar-refractivity contribution in [2.75, 3.05) is 19.3 Å². The van der Waals surface area contributed by atoms with Crippen molar-refractivity contribution in [1.82, 2.24) is 9.62 Å². The Morgan fingerprint density at radius 1 is 1.53 bits per heavy atom. The van der Waals surface area contributed by atoms with Gasteiger partial charge in [0.05, 0.1) is 11.1 Å². The molecule has 1 aliphatic heterocycles. The van der Waals surface area contributed by atoms with Crippen molar-refractivity contribution in [2.45, 2.75) is 25.3 Å². The molecule has 1 aliphatic rings. The molecular formula is C12H18N2O3S2. The molecule has 1 atom stereocenters. The normalized spacial score (nSPS) is 20.5. The first kappa shape index (κ1) is 14.5. The number of carbonyl (C=O) groups is 1. The lowest BCUT2D eigenvalue weighted by Gasteiger charge is -2.35. The molecule has 1 N–H and O–H groups in total. The molecule has 19 heavy (non-hydrogen) atoms. The fourth-order valence-electron chi connectivity index (χ4n) is 2.27. The third-order valence-corrected chi connectivity index (χ3v) is 4.75. The molecule has 0 unspecified atom stereocenters. The largest absolute Gasteiger partial charge is 0.334 e. The van der Waals surface area contributed by atoms with E-state index in [9.17, 15) is 13.2 Å². The second kappa shape index (κ2) is 6.02. The molecule has 0 saturated carbocycles. The van der Waals surface area contributed by atoms with Crippen molar-refractivity contribution in [2.24, 2.45) is 0 Å². The summed E-state index contributed by atoms with van der Waals surface area (Å²) in [6.07, 6.45) is 4.00. The third-order valence-electron chi connectivity index (χ3n) is 3.20. The molecule has 1 aromatic rings. The molecular weight excluding hydrogens is 284 g/mol. The van der Waals surface area contributed by atoms with Gasteiger partial charge in [-0.15, -0.1) is 11.3 Å². The highest BCUT2D eigenvalue weighted by Crippen LogP contribution is 2.21. The van der Waals surface area contributed by atoms with E-state index >= 15 is 0 Å². The maximum absolute atomic E-state index is 12.4. The molecule has 2 rings (SSSR count). The van der Waals surface area contributed by atoms with Gasteiger partial charge in [-0.1, -0.05) is 6.07 Å². The summed E-state index contributed by atoms with van der Waals surface area (Å²) in [5.41, 5.74) is 0. The number of nitrogens with one attached hydrogen (secondary N) is 1. The lowest BCUT2D eigenvalue weighted by molar-refractivity contribution is 0.0624. The zero-order chi connectivity index (χ0) is 13.9. The summed E-state index contributed by atoms with van der Waals surface area (Å²) in [5.74, 6) is 0.00926. The van der Waals surface area contributed by atoms with E-state index in [2.05, 4.69) is 4.72 Å². The molecule has 7 heteroatoms. The Bertz CT molecular complexity index is 525. The summed E-state index contributed by atoms with van der Waals surface area (Å²) < 4.78 is 24.8. The van der Waals surface area contributed by atoms with Crippen LogP contribution in [-0.2, 0) is 10.0 Å². The van der Waals surface area contributed by atoms with Crippen LogP contribution >= 0.6 is 11.3 Å². The van der Waals surface area contributed by atoms with Gasteiger partial charge in [-0.2, -0.15) is 0 Å². The Morgan fingerprint density at radius 2 is 2.32 bits per heavy atom. The number of hydrogen-bond donors (Lipinski definition) is 1. The number of carbonyl (C=O) groups excluding carboxylic acids is 1. The van der Waals surface area contributed by atoms with Crippen LogP contribution in [0.2, 0.25) is 0 Å². The molecule has 1 aromatic heterocycles. The first-order valence-corrected chi connectivity index (χ1v) is 9.03. The number of amides is 1. The summed E-state index contributed by atoms with van der Waals surface area (Å²) in [7, 11) is -3.21. The van der Waals surface area contributed by atoms with Crippen LogP contribution in [0.5, 0.6) is 0 Å². The van der Waals surface area contributed by atoms with Crippen LogP contribution in [0.1, 0.15) is 28.9 Å². The molecule has 0 aromatic carbocycles. The average molecular weight is 302 g/mol. The standard InChI is InChI=1S/C12H18N2O3S2/c1-19(16,17)13-9-10-5-2-3-7-14(10)12(15)11-6-4-8-18-11/h4,6,8,10,13H,2-3,5,7,9H2,1H3/t10-/m1/s1. The van der Waals surface area contributed by atoms with E-state index in [0.717, 1.165) is 25.5 Å². The Hall–Kier alpha value is -0.920. The summed E-state index contributed by atoms with van der Waals surface area (Å²) in [5, 5.41) is 1.88. The van der Waals surface area contributed by atoms with Gasteiger partial charge in [0.1, 0.15) is 0 Å². The zero-order valence-electron chi connectivity index (χ0n) is 10.8. The average Bonchev–Trinajstić information content (AvgIpc) is 2.89. The molecule has 1 fully saturated rings. The molecule has 0 aliphatic carbocycles. The SMILES string of the molecule is CS(=O)(=O)NC[C@H]1CCCCN1C(=O)c1cccs1. The first-order chi connectivity index (χ1) is 8.97. The smallest absolute Gasteiger partial charge is 0.264 e. The highest BCUT2D eigenvalue weighted by molar-refractivity contribution is 7.88. The zero-order valence-corrected chi connectivity index (χ0v) is 12.5. The van der Waals surface area contributed by atoms with Gasteiger partial charge < -0.3 is 4.90 Å². The molecule has 2 heterocycles.